The van der Waals surface area contributed by atoms with Gasteiger partial charge in [-0.15, -0.1) is 0 Å². The summed E-state index contributed by atoms with van der Waals surface area (Å²) >= 11 is 0. The molecular formula is C17H14FN3O4. The van der Waals surface area contributed by atoms with Crippen molar-refractivity contribution < 1.29 is 18.9 Å². The summed E-state index contributed by atoms with van der Waals surface area (Å²) in [6.07, 6.45) is 1.28. The maximum Gasteiger partial charge on any atom is 0.305 e. The number of amides is 2. The van der Waals surface area contributed by atoms with Gasteiger partial charge in [0, 0.05) is 36.0 Å². The van der Waals surface area contributed by atoms with E-state index in [9.17, 15) is 24.1 Å². The van der Waals surface area contributed by atoms with Crippen LogP contribution in [-0.2, 0) is 4.79 Å². The number of nitro benzene ring substituents is 1. The number of benzene rings is 2. The van der Waals surface area contributed by atoms with Crippen molar-refractivity contribution in [2.75, 3.05) is 16.8 Å². The Morgan fingerprint density at radius 3 is 2.72 bits per heavy atom. The zero-order valence-corrected chi connectivity index (χ0v) is 13.1. The van der Waals surface area contributed by atoms with Crippen molar-refractivity contribution >= 4 is 28.9 Å². The third-order valence-corrected chi connectivity index (χ3v) is 3.89. The Labute approximate surface area is 142 Å². The maximum absolute atomic E-state index is 13.4. The van der Waals surface area contributed by atoms with Gasteiger partial charge in [0.05, 0.1) is 4.92 Å². The van der Waals surface area contributed by atoms with Gasteiger partial charge in [0.2, 0.25) is 11.7 Å². The van der Waals surface area contributed by atoms with Crippen molar-refractivity contribution in [1.29, 1.82) is 0 Å². The summed E-state index contributed by atoms with van der Waals surface area (Å²) in [6.45, 7) is 0.625. The van der Waals surface area contributed by atoms with Crippen LogP contribution in [0.1, 0.15) is 23.2 Å². The van der Waals surface area contributed by atoms with Crippen LogP contribution in [0.25, 0.3) is 0 Å². The van der Waals surface area contributed by atoms with Gasteiger partial charge < -0.3 is 10.2 Å². The van der Waals surface area contributed by atoms with Gasteiger partial charge >= 0.3 is 5.69 Å². The fourth-order valence-electron chi connectivity index (χ4n) is 2.67. The van der Waals surface area contributed by atoms with Crippen molar-refractivity contribution in [1.82, 2.24) is 0 Å². The Balaban J connectivity index is 1.81. The number of nitro groups is 1. The molecule has 2 aromatic carbocycles. The molecule has 7 nitrogen and oxygen atoms in total. The third-order valence-electron chi connectivity index (χ3n) is 3.89. The summed E-state index contributed by atoms with van der Waals surface area (Å²) < 4.78 is 13.4. The number of anilines is 2. The van der Waals surface area contributed by atoms with Crippen molar-refractivity contribution in [3.63, 3.8) is 0 Å². The number of carbonyl (C=O) groups is 2. The molecule has 8 heteroatoms. The first-order valence-corrected chi connectivity index (χ1v) is 7.61. The molecular weight excluding hydrogens is 329 g/mol. The molecule has 0 spiro atoms. The van der Waals surface area contributed by atoms with E-state index in [1.807, 2.05) is 0 Å². The third kappa shape index (κ3) is 3.47. The lowest BCUT2D eigenvalue weighted by atomic mass is 10.1. The Morgan fingerprint density at radius 1 is 1.24 bits per heavy atom. The number of nitrogens with one attached hydrogen (secondary N) is 1. The van der Waals surface area contributed by atoms with E-state index in [2.05, 4.69) is 5.32 Å². The normalized spacial score (nSPS) is 13.8. The molecule has 1 aliphatic heterocycles. The van der Waals surface area contributed by atoms with Crippen LogP contribution in [0.3, 0.4) is 0 Å². The number of rotatable bonds is 4. The number of halogens is 1. The highest BCUT2D eigenvalue weighted by Gasteiger charge is 2.22. The molecule has 0 unspecified atom stereocenters. The number of hydrogen-bond donors (Lipinski definition) is 1. The lowest BCUT2D eigenvalue weighted by molar-refractivity contribution is -0.387. The Morgan fingerprint density at radius 2 is 2.04 bits per heavy atom. The molecule has 0 bridgehead atoms. The first-order valence-electron chi connectivity index (χ1n) is 7.61. The quantitative estimate of drug-likeness (QED) is 0.682. The van der Waals surface area contributed by atoms with E-state index in [4.69, 9.17) is 0 Å². The summed E-state index contributed by atoms with van der Waals surface area (Å²) in [6, 6.07) is 9.70. The highest BCUT2D eigenvalue weighted by Crippen LogP contribution is 2.25. The summed E-state index contributed by atoms with van der Waals surface area (Å²) in [7, 11) is 0. The molecule has 0 atom stereocenters. The van der Waals surface area contributed by atoms with Gasteiger partial charge in [0.1, 0.15) is 0 Å². The largest absolute Gasteiger partial charge is 0.322 e. The average Bonchev–Trinajstić information content (AvgIpc) is 3.01. The van der Waals surface area contributed by atoms with Gasteiger partial charge in [-0.25, -0.2) is 0 Å². The predicted octanol–water partition coefficient (Wildman–Crippen LogP) is 3.11. The van der Waals surface area contributed by atoms with Crippen LogP contribution >= 0.6 is 0 Å². The number of hydrogen-bond acceptors (Lipinski definition) is 4. The molecule has 0 radical (unpaired) electrons. The van der Waals surface area contributed by atoms with E-state index >= 15 is 0 Å². The van der Waals surface area contributed by atoms with Crippen LogP contribution in [-0.4, -0.2) is 23.3 Å². The Bertz CT molecular complexity index is 869. The van der Waals surface area contributed by atoms with Crippen LogP contribution in [0.5, 0.6) is 0 Å². The topological polar surface area (TPSA) is 92.6 Å². The zero-order valence-electron chi connectivity index (χ0n) is 13.1. The van der Waals surface area contributed by atoms with E-state index in [1.54, 1.807) is 29.2 Å². The van der Waals surface area contributed by atoms with Gasteiger partial charge in [0.15, 0.2) is 0 Å². The lowest BCUT2D eigenvalue weighted by Gasteiger charge is -2.16. The second-order valence-corrected chi connectivity index (χ2v) is 5.58. The first kappa shape index (κ1) is 16.6. The van der Waals surface area contributed by atoms with Gasteiger partial charge in [0.25, 0.3) is 5.91 Å². The molecule has 2 amide bonds. The second kappa shape index (κ2) is 6.68. The molecule has 1 aliphatic rings. The minimum absolute atomic E-state index is 0.0256. The predicted molar refractivity (Wildman–Crippen MR) is 89.0 cm³/mol. The van der Waals surface area contributed by atoms with Gasteiger partial charge in [-0.05, 0) is 36.8 Å². The number of carbonyl (C=O) groups excluding carboxylic acids is 2. The van der Waals surface area contributed by atoms with Crippen molar-refractivity contribution in [2.24, 2.45) is 0 Å². The molecule has 0 aliphatic carbocycles. The zero-order chi connectivity index (χ0) is 18.0. The van der Waals surface area contributed by atoms with Crippen molar-refractivity contribution in [3.8, 4) is 0 Å². The van der Waals surface area contributed by atoms with E-state index in [0.717, 1.165) is 18.6 Å². The average molecular weight is 343 g/mol. The molecule has 128 valence electrons. The van der Waals surface area contributed by atoms with Crippen molar-refractivity contribution in [2.45, 2.75) is 12.8 Å². The summed E-state index contributed by atoms with van der Waals surface area (Å²) in [5, 5.41) is 13.4. The van der Waals surface area contributed by atoms with Crippen LogP contribution in [0, 0.1) is 15.9 Å². The lowest BCUT2D eigenvalue weighted by Crippen LogP contribution is -2.23. The fourth-order valence-corrected chi connectivity index (χ4v) is 2.67. The maximum atomic E-state index is 13.4. The molecule has 0 aromatic heterocycles. The summed E-state index contributed by atoms with van der Waals surface area (Å²) in [4.78, 5) is 35.6. The van der Waals surface area contributed by atoms with Crippen molar-refractivity contribution in [3.05, 3.63) is 64.0 Å². The van der Waals surface area contributed by atoms with Crippen LogP contribution in [0.4, 0.5) is 21.5 Å². The summed E-state index contributed by atoms with van der Waals surface area (Å²) in [5.41, 5.74) is 0.319. The minimum Gasteiger partial charge on any atom is -0.322 e. The SMILES string of the molecule is O=C(Nc1cccc(N2CCCC2=O)c1)c1ccc(F)c([N+](=O)[O-])c1. The van der Waals surface area contributed by atoms with E-state index in [-0.39, 0.29) is 11.5 Å². The smallest absolute Gasteiger partial charge is 0.305 e. The fraction of sp³-hybridized carbons (Fsp3) is 0.176. The highest BCUT2D eigenvalue weighted by molar-refractivity contribution is 6.05. The second-order valence-electron chi connectivity index (χ2n) is 5.58. The molecule has 2 aromatic rings. The molecule has 1 saturated heterocycles. The molecule has 0 saturated carbocycles. The van der Waals surface area contributed by atoms with E-state index in [1.165, 1.54) is 6.07 Å². The standard InChI is InChI=1S/C17H14FN3O4/c18-14-7-6-11(9-15(14)21(24)25)17(23)19-12-3-1-4-13(10-12)20-8-2-5-16(20)22/h1,3-4,6-7,9-10H,2,5,8H2,(H,19,23). The van der Waals surface area contributed by atoms with Gasteiger partial charge in [-0.2, -0.15) is 4.39 Å². The Hall–Kier alpha value is -3.29. The van der Waals surface area contributed by atoms with E-state index in [0.29, 0.717) is 24.3 Å². The minimum atomic E-state index is -1.00. The van der Waals surface area contributed by atoms with Crippen LogP contribution in [0.15, 0.2) is 42.5 Å². The Kier molecular flexibility index (Phi) is 4.42. The highest BCUT2D eigenvalue weighted by atomic mass is 19.1. The molecule has 3 rings (SSSR count). The van der Waals surface area contributed by atoms with E-state index < -0.39 is 22.3 Å². The van der Waals surface area contributed by atoms with Crippen LogP contribution in [0.2, 0.25) is 0 Å². The summed E-state index contributed by atoms with van der Waals surface area (Å²) in [5.74, 6) is -1.58. The van der Waals surface area contributed by atoms with Gasteiger partial charge in [-0.1, -0.05) is 6.07 Å². The van der Waals surface area contributed by atoms with Crippen LogP contribution < -0.4 is 10.2 Å². The van der Waals surface area contributed by atoms with Gasteiger partial charge in [-0.3, -0.25) is 19.7 Å². The molecule has 1 N–H and O–H groups in total. The monoisotopic (exact) mass is 343 g/mol. The first-order chi connectivity index (χ1) is 12.0. The number of nitrogens with zero attached hydrogens (tertiary/aromatic N) is 2. The molecule has 1 heterocycles. The molecule has 1 fully saturated rings. The molecule has 25 heavy (non-hydrogen) atoms.